The third-order valence-corrected chi connectivity index (χ3v) is 3.13. The number of aromatic nitrogens is 1. The molecule has 2 N–H and O–H groups in total. The lowest BCUT2D eigenvalue weighted by molar-refractivity contribution is 0.189. The average molecular weight is 260 g/mol. The number of nitrogens with one attached hydrogen (secondary N) is 1. The Hall–Kier alpha value is -1.81. The molecular weight excluding hydrogens is 240 g/mol. The number of aliphatic hydroxyl groups excluding tert-OH is 1. The first kappa shape index (κ1) is 13.6. The Morgan fingerprint density at radius 3 is 2.89 bits per heavy atom. The van der Waals surface area contributed by atoms with Crippen LogP contribution in [-0.2, 0) is 0 Å². The van der Waals surface area contributed by atoms with Crippen LogP contribution < -0.4 is 10.1 Å². The summed E-state index contributed by atoms with van der Waals surface area (Å²) < 4.78 is 5.33. The molecule has 19 heavy (non-hydrogen) atoms. The Bertz CT molecular complexity index is 567. The van der Waals surface area contributed by atoms with Crippen molar-refractivity contribution >= 4 is 16.6 Å². The van der Waals surface area contributed by atoms with E-state index in [0.29, 0.717) is 6.42 Å². The van der Waals surface area contributed by atoms with Gasteiger partial charge in [-0.25, -0.2) is 0 Å². The van der Waals surface area contributed by atoms with Gasteiger partial charge in [0.05, 0.1) is 13.2 Å². The molecule has 1 heterocycles. The lowest BCUT2D eigenvalue weighted by Crippen LogP contribution is -2.11. The van der Waals surface area contributed by atoms with Gasteiger partial charge in [-0.05, 0) is 31.9 Å². The summed E-state index contributed by atoms with van der Waals surface area (Å²) in [4.78, 5) is 4.44. The summed E-state index contributed by atoms with van der Waals surface area (Å²) in [5.74, 6) is 0.774. The Morgan fingerprint density at radius 2 is 2.21 bits per heavy atom. The molecule has 0 saturated carbocycles. The molecule has 0 radical (unpaired) electrons. The second-order valence-corrected chi connectivity index (χ2v) is 4.74. The van der Waals surface area contributed by atoms with Gasteiger partial charge in [0, 0.05) is 23.8 Å². The van der Waals surface area contributed by atoms with Crippen molar-refractivity contribution in [1.82, 2.24) is 4.98 Å². The van der Waals surface area contributed by atoms with Gasteiger partial charge in [0.2, 0.25) is 0 Å². The number of methoxy groups -OCH3 is 1. The van der Waals surface area contributed by atoms with E-state index in [9.17, 15) is 5.11 Å². The van der Waals surface area contributed by atoms with Crippen LogP contribution in [-0.4, -0.2) is 29.8 Å². The second-order valence-electron chi connectivity index (χ2n) is 4.74. The predicted octanol–water partition coefficient (Wildman–Crippen LogP) is 2.73. The number of benzene rings is 1. The van der Waals surface area contributed by atoms with E-state index in [0.717, 1.165) is 34.4 Å². The second kappa shape index (κ2) is 5.89. The zero-order chi connectivity index (χ0) is 13.8. The van der Waals surface area contributed by atoms with Crippen molar-refractivity contribution in [3.05, 3.63) is 30.0 Å². The van der Waals surface area contributed by atoms with E-state index in [4.69, 9.17) is 4.74 Å². The highest BCUT2D eigenvalue weighted by Crippen LogP contribution is 2.30. The summed E-state index contributed by atoms with van der Waals surface area (Å²) in [5, 5.41) is 13.8. The number of aryl methyl sites for hydroxylation is 1. The Labute approximate surface area is 113 Å². The Balaban J connectivity index is 2.38. The lowest BCUT2D eigenvalue weighted by Gasteiger charge is -2.14. The maximum atomic E-state index is 9.32. The standard InChI is InChI=1S/C15H20N2O2/c1-10-9-17-15-12(5-4-6-13(15)19-3)14(10)16-8-7-11(2)18/h4-6,9,11,18H,7-8H2,1-3H3,(H,16,17). The van der Waals surface area contributed by atoms with Crippen LogP contribution in [0.2, 0.25) is 0 Å². The number of nitrogens with zero attached hydrogens (tertiary/aromatic N) is 1. The molecule has 1 aromatic heterocycles. The van der Waals surface area contributed by atoms with E-state index in [1.54, 1.807) is 14.0 Å². The highest BCUT2D eigenvalue weighted by atomic mass is 16.5. The van der Waals surface area contributed by atoms with Gasteiger partial charge in [0.1, 0.15) is 11.3 Å². The number of hydrogen-bond acceptors (Lipinski definition) is 4. The molecule has 0 spiro atoms. The highest BCUT2D eigenvalue weighted by molar-refractivity contribution is 5.96. The third-order valence-electron chi connectivity index (χ3n) is 3.13. The van der Waals surface area contributed by atoms with Crippen molar-refractivity contribution in [2.45, 2.75) is 26.4 Å². The molecule has 0 aliphatic carbocycles. The first-order valence-electron chi connectivity index (χ1n) is 6.47. The van der Waals surface area contributed by atoms with Gasteiger partial charge < -0.3 is 15.2 Å². The molecule has 0 bridgehead atoms. The topological polar surface area (TPSA) is 54.4 Å². The smallest absolute Gasteiger partial charge is 0.145 e. The summed E-state index contributed by atoms with van der Waals surface area (Å²) in [7, 11) is 1.65. The van der Waals surface area contributed by atoms with Crippen molar-refractivity contribution in [3.8, 4) is 5.75 Å². The Morgan fingerprint density at radius 1 is 1.42 bits per heavy atom. The van der Waals surface area contributed by atoms with Crippen LogP contribution in [0.15, 0.2) is 24.4 Å². The van der Waals surface area contributed by atoms with Crippen molar-refractivity contribution in [2.75, 3.05) is 19.0 Å². The SMILES string of the molecule is COc1cccc2c(NCCC(C)O)c(C)cnc12. The minimum Gasteiger partial charge on any atom is -0.494 e. The molecule has 0 aliphatic heterocycles. The molecule has 2 aromatic rings. The molecular formula is C15H20N2O2. The maximum absolute atomic E-state index is 9.32. The minimum atomic E-state index is -0.296. The predicted molar refractivity (Wildman–Crippen MR) is 77.8 cm³/mol. The number of ether oxygens (including phenoxy) is 1. The van der Waals surface area contributed by atoms with Crippen molar-refractivity contribution in [2.24, 2.45) is 0 Å². The zero-order valence-corrected chi connectivity index (χ0v) is 11.6. The molecule has 1 atom stereocenters. The number of hydrogen-bond donors (Lipinski definition) is 2. The van der Waals surface area contributed by atoms with E-state index in [1.807, 2.05) is 31.3 Å². The summed E-state index contributed by atoms with van der Waals surface area (Å²) in [6.45, 7) is 4.55. The van der Waals surface area contributed by atoms with Gasteiger partial charge in [-0.15, -0.1) is 0 Å². The van der Waals surface area contributed by atoms with Crippen LogP contribution in [0.5, 0.6) is 5.75 Å². The van der Waals surface area contributed by atoms with Crippen molar-refractivity contribution < 1.29 is 9.84 Å². The molecule has 4 heteroatoms. The number of pyridine rings is 1. The van der Waals surface area contributed by atoms with Gasteiger partial charge >= 0.3 is 0 Å². The van der Waals surface area contributed by atoms with Crippen LogP contribution in [0.4, 0.5) is 5.69 Å². The van der Waals surface area contributed by atoms with Crippen LogP contribution in [0.1, 0.15) is 18.9 Å². The van der Waals surface area contributed by atoms with Gasteiger partial charge in [-0.1, -0.05) is 12.1 Å². The summed E-state index contributed by atoms with van der Waals surface area (Å²) in [6, 6.07) is 5.90. The molecule has 0 amide bonds. The first-order valence-corrected chi connectivity index (χ1v) is 6.47. The lowest BCUT2D eigenvalue weighted by atomic mass is 10.1. The highest BCUT2D eigenvalue weighted by Gasteiger charge is 2.09. The van der Waals surface area contributed by atoms with Crippen LogP contribution in [0.25, 0.3) is 10.9 Å². The zero-order valence-electron chi connectivity index (χ0n) is 11.6. The number of fused-ring (bicyclic) bond motifs is 1. The van der Waals surface area contributed by atoms with E-state index in [-0.39, 0.29) is 6.10 Å². The molecule has 4 nitrogen and oxygen atoms in total. The third kappa shape index (κ3) is 2.96. The van der Waals surface area contributed by atoms with Crippen molar-refractivity contribution in [1.29, 1.82) is 0 Å². The molecule has 1 aromatic carbocycles. The van der Waals surface area contributed by atoms with E-state index in [2.05, 4.69) is 10.3 Å². The van der Waals surface area contributed by atoms with Gasteiger partial charge in [0.25, 0.3) is 0 Å². The summed E-state index contributed by atoms with van der Waals surface area (Å²) in [5.41, 5.74) is 3.01. The first-order chi connectivity index (χ1) is 9.13. The fourth-order valence-corrected chi connectivity index (χ4v) is 2.10. The largest absolute Gasteiger partial charge is 0.494 e. The average Bonchev–Trinajstić information content (AvgIpc) is 2.40. The fourth-order valence-electron chi connectivity index (χ4n) is 2.10. The number of anilines is 1. The summed E-state index contributed by atoms with van der Waals surface area (Å²) >= 11 is 0. The van der Waals surface area contributed by atoms with Crippen molar-refractivity contribution in [3.63, 3.8) is 0 Å². The molecule has 2 rings (SSSR count). The normalized spacial score (nSPS) is 12.4. The molecule has 1 unspecified atom stereocenters. The molecule has 0 fully saturated rings. The van der Waals surface area contributed by atoms with Gasteiger partial charge in [-0.3, -0.25) is 4.98 Å². The fraction of sp³-hybridized carbons (Fsp3) is 0.400. The number of aliphatic hydroxyl groups is 1. The quantitative estimate of drug-likeness (QED) is 0.868. The maximum Gasteiger partial charge on any atom is 0.145 e. The van der Waals surface area contributed by atoms with Crippen LogP contribution in [0, 0.1) is 6.92 Å². The van der Waals surface area contributed by atoms with E-state index >= 15 is 0 Å². The van der Waals surface area contributed by atoms with E-state index in [1.165, 1.54) is 0 Å². The molecule has 0 saturated heterocycles. The van der Waals surface area contributed by atoms with Crippen LogP contribution >= 0.6 is 0 Å². The monoisotopic (exact) mass is 260 g/mol. The molecule has 102 valence electrons. The Kier molecular flexibility index (Phi) is 4.22. The number of rotatable bonds is 5. The summed E-state index contributed by atoms with van der Waals surface area (Å²) in [6.07, 6.45) is 2.26. The van der Waals surface area contributed by atoms with E-state index < -0.39 is 0 Å². The number of para-hydroxylation sites is 1. The minimum absolute atomic E-state index is 0.296. The van der Waals surface area contributed by atoms with Gasteiger partial charge in [-0.2, -0.15) is 0 Å². The van der Waals surface area contributed by atoms with Crippen LogP contribution in [0.3, 0.4) is 0 Å². The van der Waals surface area contributed by atoms with Gasteiger partial charge in [0.15, 0.2) is 0 Å². The molecule has 0 aliphatic rings.